The highest BCUT2D eigenvalue weighted by Gasteiger charge is 2.08. The Morgan fingerprint density at radius 1 is 1.71 bits per heavy atom. The van der Waals surface area contributed by atoms with Gasteiger partial charge < -0.3 is 20.7 Å². The smallest absolute Gasteiger partial charge is 0.271 e. The summed E-state index contributed by atoms with van der Waals surface area (Å²) in [5.41, 5.74) is 5.80. The highest BCUT2D eigenvalue weighted by molar-refractivity contribution is 5.91. The molecule has 0 aliphatic carbocycles. The van der Waals surface area contributed by atoms with Crippen LogP contribution in [-0.2, 0) is 6.54 Å². The van der Waals surface area contributed by atoms with Gasteiger partial charge in [0.1, 0.15) is 5.69 Å². The summed E-state index contributed by atoms with van der Waals surface area (Å²) in [5, 5.41) is 11.8. The lowest BCUT2D eigenvalue weighted by Crippen LogP contribution is -2.25. The molecule has 1 unspecified atom stereocenters. The first kappa shape index (κ1) is 13.7. The molecule has 1 heterocycles. The second-order valence-electron chi connectivity index (χ2n) is 4.03. The molecule has 0 aliphatic rings. The monoisotopic (exact) mass is 240 g/mol. The van der Waals surface area contributed by atoms with Gasteiger partial charge in [-0.05, 0) is 19.8 Å². The van der Waals surface area contributed by atoms with Crippen molar-refractivity contribution in [1.29, 1.82) is 0 Å². The van der Waals surface area contributed by atoms with Gasteiger partial charge in [0.15, 0.2) is 0 Å². The molecule has 96 valence electrons. The molecule has 0 aromatic carbocycles. The number of nitrogens with one attached hydrogen (secondary N) is 1. The van der Waals surface area contributed by atoms with Gasteiger partial charge in [-0.1, -0.05) is 0 Å². The van der Waals surface area contributed by atoms with Crippen LogP contribution in [0.5, 0.6) is 0 Å². The van der Waals surface area contributed by atoms with E-state index in [1.807, 2.05) is 0 Å². The second kappa shape index (κ2) is 7.03. The number of carbonyl (C=O) groups excluding carboxylic acids is 1. The van der Waals surface area contributed by atoms with Crippen LogP contribution in [0.15, 0.2) is 12.5 Å². The fourth-order valence-electron chi connectivity index (χ4n) is 1.44. The maximum absolute atomic E-state index is 11.6. The maximum Gasteiger partial charge on any atom is 0.271 e. The standard InChI is InChI=1S/C11H20N4O2/c1-9(16)3-2-5-13-11(17)10-7-15(6-4-12)8-14-10/h7-9,16H,2-6,12H2,1H3,(H,13,17). The highest BCUT2D eigenvalue weighted by Crippen LogP contribution is 1.97. The first-order chi connectivity index (χ1) is 8.13. The van der Waals surface area contributed by atoms with Crippen molar-refractivity contribution in [3.05, 3.63) is 18.2 Å². The molecule has 6 nitrogen and oxygen atoms in total. The number of hydrogen-bond donors (Lipinski definition) is 3. The minimum absolute atomic E-state index is 0.189. The molecule has 0 bridgehead atoms. The van der Waals surface area contributed by atoms with Crippen LogP contribution in [0.2, 0.25) is 0 Å². The van der Waals surface area contributed by atoms with E-state index in [0.29, 0.717) is 31.7 Å². The Kier molecular flexibility index (Phi) is 5.65. The summed E-state index contributed by atoms with van der Waals surface area (Å²) in [6.45, 7) is 3.46. The first-order valence-corrected chi connectivity index (χ1v) is 5.81. The van der Waals surface area contributed by atoms with Gasteiger partial charge in [0.05, 0.1) is 12.4 Å². The summed E-state index contributed by atoms with van der Waals surface area (Å²) in [5.74, 6) is -0.189. The van der Waals surface area contributed by atoms with Crippen LogP contribution in [-0.4, -0.2) is 39.8 Å². The van der Waals surface area contributed by atoms with Gasteiger partial charge in [-0.25, -0.2) is 4.98 Å². The topological polar surface area (TPSA) is 93.2 Å². The molecule has 1 amide bonds. The fourth-order valence-corrected chi connectivity index (χ4v) is 1.44. The minimum Gasteiger partial charge on any atom is -0.393 e. The van der Waals surface area contributed by atoms with E-state index in [1.165, 1.54) is 0 Å². The zero-order valence-electron chi connectivity index (χ0n) is 10.1. The molecule has 1 rings (SSSR count). The number of carbonyl (C=O) groups is 1. The summed E-state index contributed by atoms with van der Waals surface area (Å²) < 4.78 is 1.78. The average Bonchev–Trinajstić information content (AvgIpc) is 2.73. The molecule has 1 aromatic rings. The van der Waals surface area contributed by atoms with Gasteiger partial charge in [-0.3, -0.25) is 4.79 Å². The number of aromatic nitrogens is 2. The van der Waals surface area contributed by atoms with Crippen LogP contribution in [0, 0.1) is 0 Å². The molecule has 1 aromatic heterocycles. The van der Waals surface area contributed by atoms with Gasteiger partial charge in [0.25, 0.3) is 5.91 Å². The van der Waals surface area contributed by atoms with Crippen molar-refractivity contribution >= 4 is 5.91 Å². The number of aliphatic hydroxyl groups excluding tert-OH is 1. The van der Waals surface area contributed by atoms with Crippen molar-refractivity contribution in [2.75, 3.05) is 13.1 Å². The number of imidazole rings is 1. The van der Waals surface area contributed by atoms with E-state index < -0.39 is 0 Å². The molecular formula is C11H20N4O2. The van der Waals surface area contributed by atoms with Gasteiger partial charge >= 0.3 is 0 Å². The number of nitrogens with zero attached hydrogens (tertiary/aromatic N) is 2. The number of nitrogens with two attached hydrogens (primary N) is 1. The highest BCUT2D eigenvalue weighted by atomic mass is 16.3. The quantitative estimate of drug-likeness (QED) is 0.572. The summed E-state index contributed by atoms with van der Waals surface area (Å²) in [6.07, 6.45) is 4.39. The zero-order chi connectivity index (χ0) is 12.7. The zero-order valence-corrected chi connectivity index (χ0v) is 10.1. The van der Waals surface area contributed by atoms with Crippen LogP contribution >= 0.6 is 0 Å². The average molecular weight is 240 g/mol. The fraction of sp³-hybridized carbons (Fsp3) is 0.636. The van der Waals surface area contributed by atoms with E-state index in [1.54, 1.807) is 24.0 Å². The molecule has 0 saturated heterocycles. The van der Waals surface area contributed by atoms with Crippen LogP contribution < -0.4 is 11.1 Å². The third kappa shape index (κ3) is 4.97. The van der Waals surface area contributed by atoms with Gasteiger partial charge in [0.2, 0.25) is 0 Å². The van der Waals surface area contributed by atoms with E-state index in [2.05, 4.69) is 10.3 Å². The molecule has 0 saturated carbocycles. The molecule has 0 spiro atoms. The molecule has 1 atom stereocenters. The van der Waals surface area contributed by atoms with Gasteiger partial charge in [-0.15, -0.1) is 0 Å². The van der Waals surface area contributed by atoms with Crippen molar-refractivity contribution in [3.63, 3.8) is 0 Å². The first-order valence-electron chi connectivity index (χ1n) is 5.81. The Labute approximate surface area is 101 Å². The predicted molar refractivity (Wildman–Crippen MR) is 64.5 cm³/mol. The second-order valence-corrected chi connectivity index (χ2v) is 4.03. The lowest BCUT2D eigenvalue weighted by Gasteiger charge is -2.04. The van der Waals surface area contributed by atoms with E-state index in [9.17, 15) is 4.79 Å². The third-order valence-corrected chi connectivity index (χ3v) is 2.34. The summed E-state index contributed by atoms with van der Waals surface area (Å²) >= 11 is 0. The Morgan fingerprint density at radius 3 is 3.12 bits per heavy atom. The number of aliphatic hydroxyl groups is 1. The Morgan fingerprint density at radius 2 is 2.47 bits per heavy atom. The normalized spacial score (nSPS) is 12.4. The maximum atomic E-state index is 11.6. The molecule has 0 fully saturated rings. The van der Waals surface area contributed by atoms with Crippen LogP contribution in [0.25, 0.3) is 0 Å². The van der Waals surface area contributed by atoms with Crippen molar-refractivity contribution in [1.82, 2.24) is 14.9 Å². The van der Waals surface area contributed by atoms with Crippen LogP contribution in [0.3, 0.4) is 0 Å². The Bertz CT molecular complexity index is 349. The number of hydrogen-bond acceptors (Lipinski definition) is 4. The molecule has 4 N–H and O–H groups in total. The van der Waals surface area contributed by atoms with E-state index in [4.69, 9.17) is 10.8 Å². The summed E-state index contributed by atoms with van der Waals surface area (Å²) in [7, 11) is 0. The lowest BCUT2D eigenvalue weighted by molar-refractivity contribution is 0.0945. The predicted octanol–water partition coefficient (Wildman–Crippen LogP) is -0.267. The summed E-state index contributed by atoms with van der Waals surface area (Å²) in [4.78, 5) is 15.6. The van der Waals surface area contributed by atoms with E-state index in [0.717, 1.165) is 6.42 Å². The molecule has 6 heteroatoms. The van der Waals surface area contributed by atoms with Gasteiger partial charge in [0, 0.05) is 25.8 Å². The summed E-state index contributed by atoms with van der Waals surface area (Å²) in [6, 6.07) is 0. The molecule has 0 aliphatic heterocycles. The van der Waals surface area contributed by atoms with Gasteiger partial charge in [-0.2, -0.15) is 0 Å². The van der Waals surface area contributed by atoms with E-state index >= 15 is 0 Å². The lowest BCUT2D eigenvalue weighted by atomic mass is 10.2. The van der Waals surface area contributed by atoms with Crippen molar-refractivity contribution in [2.45, 2.75) is 32.4 Å². The minimum atomic E-state index is -0.323. The molecular weight excluding hydrogens is 220 g/mol. The third-order valence-electron chi connectivity index (χ3n) is 2.34. The SMILES string of the molecule is CC(O)CCCNC(=O)c1cn(CCN)cn1. The molecule has 17 heavy (non-hydrogen) atoms. The van der Waals surface area contributed by atoms with Crippen molar-refractivity contribution < 1.29 is 9.90 Å². The van der Waals surface area contributed by atoms with Crippen LogP contribution in [0.1, 0.15) is 30.3 Å². The number of rotatable bonds is 7. The van der Waals surface area contributed by atoms with E-state index in [-0.39, 0.29) is 12.0 Å². The van der Waals surface area contributed by atoms with Crippen LogP contribution in [0.4, 0.5) is 0 Å². The largest absolute Gasteiger partial charge is 0.393 e. The molecule has 0 radical (unpaired) electrons. The Balaban J connectivity index is 2.31. The number of amides is 1. The van der Waals surface area contributed by atoms with Crippen molar-refractivity contribution in [3.8, 4) is 0 Å². The van der Waals surface area contributed by atoms with Crippen molar-refractivity contribution in [2.24, 2.45) is 5.73 Å². The Hall–Kier alpha value is -1.40.